The molecule has 0 aliphatic carbocycles. The second-order valence-electron chi connectivity index (χ2n) is 6.44. The van der Waals surface area contributed by atoms with Crippen molar-refractivity contribution >= 4 is 39.1 Å². The van der Waals surface area contributed by atoms with Crippen LogP contribution in [0.5, 0.6) is 0 Å². The van der Waals surface area contributed by atoms with Crippen LogP contribution in [0.15, 0.2) is 27.5 Å². The molecule has 1 aromatic heterocycles. The van der Waals surface area contributed by atoms with Gasteiger partial charge in [0.25, 0.3) is 0 Å². The average molecular weight is 429 g/mol. The largest absolute Gasteiger partial charge is 0.423 e. The molecule has 27 heavy (non-hydrogen) atoms. The highest BCUT2D eigenvalue weighted by Crippen LogP contribution is 2.30. The number of piperazine rings is 1. The first-order valence-corrected chi connectivity index (χ1v) is 10.5. The van der Waals surface area contributed by atoms with Crippen molar-refractivity contribution in [3.8, 4) is 6.07 Å². The molecule has 0 saturated carbocycles. The van der Waals surface area contributed by atoms with Gasteiger partial charge in [-0.15, -0.1) is 0 Å². The number of hydrogen-bond donors (Lipinski definition) is 0. The normalized spacial score (nSPS) is 15.9. The lowest BCUT2D eigenvalue weighted by atomic mass is 10.2. The molecule has 7 nitrogen and oxygen atoms in total. The molecule has 0 spiro atoms. The van der Waals surface area contributed by atoms with Crippen molar-refractivity contribution < 1.29 is 12.8 Å². The maximum Gasteiger partial charge on any atom is 0.244 e. The lowest BCUT2D eigenvalue weighted by molar-refractivity contribution is 0.369. The van der Waals surface area contributed by atoms with Gasteiger partial charge in [0.05, 0.1) is 5.02 Å². The van der Waals surface area contributed by atoms with Gasteiger partial charge in [0.15, 0.2) is 0 Å². The SMILES string of the molecule is CC(C)c1nc(C#N)c(N2CCN(S(=O)(=O)c3cc(Cl)ccc3Cl)CC2)o1. The second-order valence-corrected chi connectivity index (χ2v) is 9.19. The Hall–Kier alpha value is -1.79. The van der Waals surface area contributed by atoms with E-state index in [1.807, 2.05) is 24.8 Å². The molecule has 0 atom stereocenters. The fourth-order valence-electron chi connectivity index (χ4n) is 2.81. The predicted molar refractivity (Wildman–Crippen MR) is 103 cm³/mol. The first kappa shape index (κ1) is 20.0. The van der Waals surface area contributed by atoms with Gasteiger partial charge in [0.2, 0.25) is 27.5 Å². The van der Waals surface area contributed by atoms with Crippen LogP contribution in [0.3, 0.4) is 0 Å². The number of nitrogens with zero attached hydrogens (tertiary/aromatic N) is 4. The maximum atomic E-state index is 12.9. The van der Waals surface area contributed by atoms with E-state index in [9.17, 15) is 13.7 Å². The molecule has 1 saturated heterocycles. The molecule has 1 aliphatic rings. The van der Waals surface area contributed by atoms with Gasteiger partial charge in [-0.2, -0.15) is 9.57 Å². The molecule has 144 valence electrons. The predicted octanol–water partition coefficient (Wildman–Crippen LogP) is 3.49. The summed E-state index contributed by atoms with van der Waals surface area (Å²) in [7, 11) is -3.77. The van der Waals surface area contributed by atoms with Crippen molar-refractivity contribution in [2.24, 2.45) is 0 Å². The number of halogens is 2. The molecule has 0 amide bonds. The molecule has 0 unspecified atom stereocenters. The molecule has 3 rings (SSSR count). The van der Waals surface area contributed by atoms with Crippen LogP contribution in [-0.4, -0.2) is 43.9 Å². The van der Waals surface area contributed by atoms with Crippen LogP contribution in [0.25, 0.3) is 0 Å². The summed E-state index contributed by atoms with van der Waals surface area (Å²) in [4.78, 5) is 6.03. The van der Waals surface area contributed by atoms with Gasteiger partial charge in [-0.05, 0) is 18.2 Å². The van der Waals surface area contributed by atoms with Crippen LogP contribution in [0.1, 0.15) is 31.4 Å². The summed E-state index contributed by atoms with van der Waals surface area (Å²) < 4.78 is 32.9. The summed E-state index contributed by atoms with van der Waals surface area (Å²) >= 11 is 12.0. The van der Waals surface area contributed by atoms with E-state index in [2.05, 4.69) is 4.98 Å². The zero-order valence-electron chi connectivity index (χ0n) is 14.8. The van der Waals surface area contributed by atoms with E-state index in [0.717, 1.165) is 0 Å². The fourth-order valence-corrected chi connectivity index (χ4v) is 4.97. The van der Waals surface area contributed by atoms with Gasteiger partial charge in [-0.1, -0.05) is 37.0 Å². The van der Waals surface area contributed by atoms with E-state index in [1.165, 1.54) is 16.4 Å². The Kier molecular flexibility index (Phi) is 5.68. The smallest absolute Gasteiger partial charge is 0.244 e. The van der Waals surface area contributed by atoms with Crippen molar-refractivity contribution in [3.63, 3.8) is 0 Å². The van der Waals surface area contributed by atoms with Crippen LogP contribution in [-0.2, 0) is 10.0 Å². The molecule has 2 heterocycles. The van der Waals surface area contributed by atoms with Gasteiger partial charge < -0.3 is 9.32 Å². The van der Waals surface area contributed by atoms with E-state index in [4.69, 9.17) is 27.6 Å². The summed E-state index contributed by atoms with van der Waals surface area (Å²) in [6, 6.07) is 6.40. The second kappa shape index (κ2) is 7.68. The number of sulfonamides is 1. The highest BCUT2D eigenvalue weighted by Gasteiger charge is 2.32. The number of aromatic nitrogens is 1. The Bertz CT molecular complexity index is 990. The van der Waals surface area contributed by atoms with E-state index in [0.29, 0.717) is 29.9 Å². The minimum absolute atomic E-state index is 0.00964. The molecule has 0 N–H and O–H groups in total. The third-order valence-corrected chi connectivity index (χ3v) is 6.88. The Balaban J connectivity index is 1.80. The van der Waals surface area contributed by atoms with Crippen molar-refractivity contribution in [3.05, 3.63) is 39.8 Å². The Morgan fingerprint density at radius 1 is 1.22 bits per heavy atom. The lowest BCUT2D eigenvalue weighted by Crippen LogP contribution is -2.48. The third-order valence-electron chi connectivity index (χ3n) is 4.26. The van der Waals surface area contributed by atoms with Gasteiger partial charge in [-0.25, -0.2) is 13.4 Å². The average Bonchev–Trinajstić information content (AvgIpc) is 3.08. The van der Waals surface area contributed by atoms with Gasteiger partial charge >= 0.3 is 0 Å². The third kappa shape index (κ3) is 3.92. The number of rotatable bonds is 4. The van der Waals surface area contributed by atoms with Crippen molar-refractivity contribution in [1.29, 1.82) is 5.26 Å². The van der Waals surface area contributed by atoms with Gasteiger partial charge in [0.1, 0.15) is 11.0 Å². The summed E-state index contributed by atoms with van der Waals surface area (Å²) in [5, 5.41) is 9.73. The van der Waals surface area contributed by atoms with Gasteiger partial charge in [0, 0.05) is 37.1 Å². The first-order chi connectivity index (χ1) is 12.7. The minimum Gasteiger partial charge on any atom is -0.423 e. The minimum atomic E-state index is -3.77. The molecule has 1 fully saturated rings. The van der Waals surface area contributed by atoms with Crippen LogP contribution in [0.2, 0.25) is 10.0 Å². The highest BCUT2D eigenvalue weighted by molar-refractivity contribution is 7.89. The first-order valence-electron chi connectivity index (χ1n) is 8.35. The summed E-state index contributed by atoms with van der Waals surface area (Å²) in [6.07, 6.45) is 0. The summed E-state index contributed by atoms with van der Waals surface area (Å²) in [5.74, 6) is 0.929. The molecule has 0 bridgehead atoms. The van der Waals surface area contributed by atoms with E-state index >= 15 is 0 Å². The maximum absolute atomic E-state index is 12.9. The lowest BCUT2D eigenvalue weighted by Gasteiger charge is -2.33. The number of nitriles is 1. The zero-order valence-corrected chi connectivity index (χ0v) is 17.1. The Labute approximate surface area is 168 Å². The van der Waals surface area contributed by atoms with Crippen molar-refractivity contribution in [1.82, 2.24) is 9.29 Å². The van der Waals surface area contributed by atoms with E-state index < -0.39 is 10.0 Å². The number of anilines is 1. The van der Waals surface area contributed by atoms with Crippen molar-refractivity contribution in [2.45, 2.75) is 24.7 Å². The Morgan fingerprint density at radius 2 is 1.89 bits per heavy atom. The highest BCUT2D eigenvalue weighted by atomic mass is 35.5. The van der Waals surface area contributed by atoms with Crippen LogP contribution >= 0.6 is 23.2 Å². The number of benzene rings is 1. The molecule has 0 radical (unpaired) electrons. The summed E-state index contributed by atoms with van der Waals surface area (Å²) in [6.45, 7) is 5.06. The Morgan fingerprint density at radius 3 is 2.48 bits per heavy atom. The topological polar surface area (TPSA) is 90.4 Å². The molecule has 10 heteroatoms. The molecule has 1 aromatic carbocycles. The van der Waals surface area contributed by atoms with E-state index in [-0.39, 0.29) is 34.6 Å². The number of hydrogen-bond acceptors (Lipinski definition) is 6. The van der Waals surface area contributed by atoms with E-state index in [1.54, 1.807) is 6.07 Å². The summed E-state index contributed by atoms with van der Waals surface area (Å²) in [5.41, 5.74) is 0.216. The molecular weight excluding hydrogens is 411 g/mol. The zero-order chi connectivity index (χ0) is 19.8. The van der Waals surface area contributed by atoms with Gasteiger partial charge in [-0.3, -0.25) is 0 Å². The quantitative estimate of drug-likeness (QED) is 0.739. The molecule has 2 aromatic rings. The standard InChI is InChI=1S/C17H18Cl2N4O3S/c1-11(2)16-21-14(10-20)17(26-16)22-5-7-23(8-6-22)27(24,25)15-9-12(18)3-4-13(15)19/h3-4,9,11H,5-8H2,1-2H3. The number of oxazole rings is 1. The van der Waals surface area contributed by atoms with Crippen LogP contribution in [0.4, 0.5) is 5.88 Å². The molecular formula is C17H18Cl2N4O3S. The monoisotopic (exact) mass is 428 g/mol. The van der Waals surface area contributed by atoms with Crippen LogP contribution < -0.4 is 4.90 Å². The molecule has 1 aliphatic heterocycles. The van der Waals surface area contributed by atoms with Crippen molar-refractivity contribution in [2.75, 3.05) is 31.1 Å². The van der Waals surface area contributed by atoms with Crippen LogP contribution in [0, 0.1) is 11.3 Å². The fraction of sp³-hybridized carbons (Fsp3) is 0.412.